The highest BCUT2D eigenvalue weighted by atomic mass is 19.4. The average molecular weight is 286 g/mol. The SMILES string of the molecule is CC1(C(=O)NCc2ccccc2C(F)(F)F)CCCN1. The Morgan fingerprint density at radius 2 is 2.10 bits per heavy atom. The molecule has 1 saturated heterocycles. The van der Waals surface area contributed by atoms with E-state index >= 15 is 0 Å². The smallest absolute Gasteiger partial charge is 0.350 e. The molecule has 1 aliphatic rings. The quantitative estimate of drug-likeness (QED) is 0.896. The zero-order valence-electron chi connectivity index (χ0n) is 11.2. The van der Waals surface area contributed by atoms with Gasteiger partial charge in [0.2, 0.25) is 5.91 Å². The summed E-state index contributed by atoms with van der Waals surface area (Å²) in [5.41, 5.74) is -1.30. The standard InChI is InChI=1S/C14H17F3N2O/c1-13(7-4-8-19-13)12(20)18-9-10-5-2-3-6-11(10)14(15,16)17/h2-3,5-6,19H,4,7-9H2,1H3,(H,18,20). The molecule has 0 bridgehead atoms. The first-order chi connectivity index (χ1) is 9.33. The van der Waals surface area contributed by atoms with E-state index in [1.54, 1.807) is 6.92 Å². The van der Waals surface area contributed by atoms with Crippen molar-refractivity contribution in [3.8, 4) is 0 Å². The molecular weight excluding hydrogens is 269 g/mol. The molecule has 0 aromatic heterocycles. The van der Waals surface area contributed by atoms with Gasteiger partial charge in [0.15, 0.2) is 0 Å². The van der Waals surface area contributed by atoms with Gasteiger partial charge in [-0.3, -0.25) is 4.79 Å². The number of benzene rings is 1. The third-order valence-corrected chi connectivity index (χ3v) is 3.63. The fourth-order valence-electron chi connectivity index (χ4n) is 2.41. The van der Waals surface area contributed by atoms with Crippen molar-refractivity contribution < 1.29 is 18.0 Å². The lowest BCUT2D eigenvalue weighted by Gasteiger charge is -2.23. The number of hydrogen-bond donors (Lipinski definition) is 2. The third kappa shape index (κ3) is 3.12. The molecule has 3 nitrogen and oxygen atoms in total. The van der Waals surface area contributed by atoms with Crippen LogP contribution in [0.4, 0.5) is 13.2 Å². The Morgan fingerprint density at radius 3 is 2.70 bits per heavy atom. The van der Waals surface area contributed by atoms with Gasteiger partial charge in [0.05, 0.1) is 11.1 Å². The monoisotopic (exact) mass is 286 g/mol. The minimum Gasteiger partial charge on any atom is -0.350 e. The highest BCUT2D eigenvalue weighted by Crippen LogP contribution is 2.31. The van der Waals surface area contributed by atoms with Crippen molar-refractivity contribution in [1.82, 2.24) is 10.6 Å². The van der Waals surface area contributed by atoms with Crippen molar-refractivity contribution in [2.45, 2.75) is 38.0 Å². The Bertz CT molecular complexity index is 493. The second-order valence-electron chi connectivity index (χ2n) is 5.20. The minimum absolute atomic E-state index is 0.0787. The van der Waals surface area contributed by atoms with E-state index in [2.05, 4.69) is 10.6 Å². The summed E-state index contributed by atoms with van der Waals surface area (Å²) >= 11 is 0. The van der Waals surface area contributed by atoms with Gasteiger partial charge in [-0.25, -0.2) is 0 Å². The van der Waals surface area contributed by atoms with Crippen LogP contribution in [0, 0.1) is 0 Å². The number of alkyl halides is 3. The van der Waals surface area contributed by atoms with E-state index in [0.29, 0.717) is 6.42 Å². The lowest BCUT2D eigenvalue weighted by Crippen LogP contribution is -2.50. The molecule has 1 aromatic carbocycles. The summed E-state index contributed by atoms with van der Waals surface area (Å²) in [6.07, 6.45) is -2.82. The fourth-order valence-corrected chi connectivity index (χ4v) is 2.41. The van der Waals surface area contributed by atoms with Crippen LogP contribution in [0.1, 0.15) is 30.9 Å². The maximum atomic E-state index is 12.8. The van der Waals surface area contributed by atoms with Gasteiger partial charge in [-0.1, -0.05) is 18.2 Å². The molecule has 1 unspecified atom stereocenters. The van der Waals surface area contributed by atoms with Gasteiger partial charge >= 0.3 is 6.18 Å². The molecule has 0 aliphatic carbocycles. The molecule has 1 atom stereocenters. The first-order valence-corrected chi connectivity index (χ1v) is 6.51. The summed E-state index contributed by atoms with van der Waals surface area (Å²) in [6.45, 7) is 2.40. The van der Waals surface area contributed by atoms with E-state index in [1.807, 2.05) is 0 Å². The molecule has 1 aromatic rings. The van der Waals surface area contributed by atoms with Gasteiger partial charge in [-0.15, -0.1) is 0 Å². The Morgan fingerprint density at radius 1 is 1.40 bits per heavy atom. The third-order valence-electron chi connectivity index (χ3n) is 3.63. The van der Waals surface area contributed by atoms with Gasteiger partial charge in [0.25, 0.3) is 0 Å². The van der Waals surface area contributed by atoms with E-state index in [9.17, 15) is 18.0 Å². The van der Waals surface area contributed by atoms with Gasteiger partial charge in [-0.2, -0.15) is 13.2 Å². The van der Waals surface area contributed by atoms with Gasteiger partial charge in [0, 0.05) is 6.54 Å². The van der Waals surface area contributed by atoms with Crippen LogP contribution in [0.25, 0.3) is 0 Å². The van der Waals surface area contributed by atoms with Crippen molar-refractivity contribution in [1.29, 1.82) is 0 Å². The van der Waals surface area contributed by atoms with E-state index in [4.69, 9.17) is 0 Å². The summed E-state index contributed by atoms with van der Waals surface area (Å²) in [6, 6.07) is 5.28. The van der Waals surface area contributed by atoms with E-state index < -0.39 is 17.3 Å². The first-order valence-electron chi connectivity index (χ1n) is 6.51. The number of carbonyl (C=O) groups excluding carboxylic acids is 1. The Kier molecular flexibility index (Phi) is 4.04. The minimum atomic E-state index is -4.41. The second kappa shape index (κ2) is 5.44. The maximum Gasteiger partial charge on any atom is 0.416 e. The lowest BCUT2D eigenvalue weighted by atomic mass is 9.99. The van der Waals surface area contributed by atoms with Crippen LogP contribution >= 0.6 is 0 Å². The topological polar surface area (TPSA) is 41.1 Å². The average Bonchev–Trinajstić information content (AvgIpc) is 2.83. The van der Waals surface area contributed by atoms with Crippen LogP contribution in [-0.2, 0) is 17.5 Å². The predicted molar refractivity (Wildman–Crippen MR) is 68.9 cm³/mol. The number of carbonyl (C=O) groups is 1. The molecule has 0 radical (unpaired) electrons. The van der Waals surface area contributed by atoms with Crippen LogP contribution in [0.5, 0.6) is 0 Å². The molecular formula is C14H17F3N2O. The Balaban J connectivity index is 2.06. The molecule has 110 valence electrons. The molecule has 2 rings (SSSR count). The van der Waals surface area contributed by atoms with Crippen molar-refractivity contribution in [3.05, 3.63) is 35.4 Å². The van der Waals surface area contributed by atoms with Crippen LogP contribution < -0.4 is 10.6 Å². The van der Waals surface area contributed by atoms with Crippen LogP contribution in [-0.4, -0.2) is 18.0 Å². The zero-order chi connectivity index (χ0) is 14.8. The molecule has 6 heteroatoms. The second-order valence-corrected chi connectivity index (χ2v) is 5.20. The zero-order valence-corrected chi connectivity index (χ0v) is 11.2. The van der Waals surface area contributed by atoms with Crippen LogP contribution in [0.3, 0.4) is 0 Å². The molecule has 0 saturated carbocycles. The van der Waals surface area contributed by atoms with Crippen LogP contribution in [0.2, 0.25) is 0 Å². The number of rotatable bonds is 3. The summed E-state index contributed by atoms with van der Waals surface area (Å²) < 4.78 is 38.5. The van der Waals surface area contributed by atoms with E-state index in [1.165, 1.54) is 18.2 Å². The molecule has 2 N–H and O–H groups in total. The van der Waals surface area contributed by atoms with Crippen molar-refractivity contribution in [2.75, 3.05) is 6.54 Å². The summed E-state index contributed by atoms with van der Waals surface area (Å²) in [5, 5.41) is 5.67. The first kappa shape index (κ1) is 14.8. The maximum absolute atomic E-state index is 12.8. The number of nitrogens with one attached hydrogen (secondary N) is 2. The van der Waals surface area contributed by atoms with Gasteiger partial charge in [-0.05, 0) is 37.9 Å². The van der Waals surface area contributed by atoms with Crippen LogP contribution in [0.15, 0.2) is 24.3 Å². The van der Waals surface area contributed by atoms with Crippen molar-refractivity contribution >= 4 is 5.91 Å². The molecule has 0 spiro atoms. The predicted octanol–water partition coefficient (Wildman–Crippen LogP) is 2.46. The van der Waals surface area contributed by atoms with E-state index in [0.717, 1.165) is 19.0 Å². The molecule has 1 amide bonds. The molecule has 20 heavy (non-hydrogen) atoms. The highest BCUT2D eigenvalue weighted by molar-refractivity contribution is 5.86. The molecule has 1 fully saturated rings. The Hall–Kier alpha value is -1.56. The summed E-state index contributed by atoms with van der Waals surface area (Å²) in [4.78, 5) is 12.0. The normalized spacial score (nSPS) is 22.8. The fraction of sp³-hybridized carbons (Fsp3) is 0.500. The van der Waals surface area contributed by atoms with Gasteiger partial charge < -0.3 is 10.6 Å². The van der Waals surface area contributed by atoms with Crippen molar-refractivity contribution in [3.63, 3.8) is 0 Å². The lowest BCUT2D eigenvalue weighted by molar-refractivity contribution is -0.138. The number of hydrogen-bond acceptors (Lipinski definition) is 2. The molecule has 1 aliphatic heterocycles. The summed E-state index contributed by atoms with van der Waals surface area (Å²) in [7, 11) is 0. The largest absolute Gasteiger partial charge is 0.416 e. The summed E-state index contributed by atoms with van der Waals surface area (Å²) in [5.74, 6) is -0.257. The highest BCUT2D eigenvalue weighted by Gasteiger charge is 2.36. The Labute approximate surface area is 115 Å². The van der Waals surface area contributed by atoms with Crippen molar-refractivity contribution in [2.24, 2.45) is 0 Å². The van der Waals surface area contributed by atoms with Gasteiger partial charge in [0.1, 0.15) is 0 Å². The number of halogens is 3. The van der Waals surface area contributed by atoms with E-state index in [-0.39, 0.29) is 18.0 Å². The number of amides is 1. The molecule has 1 heterocycles.